The van der Waals surface area contributed by atoms with Crippen molar-refractivity contribution >= 4 is 5.91 Å². The van der Waals surface area contributed by atoms with E-state index in [1.165, 1.54) is 11.1 Å². The first-order valence-corrected chi connectivity index (χ1v) is 12.6. The zero-order chi connectivity index (χ0) is 22.3. The number of amides is 1. The highest BCUT2D eigenvalue weighted by Crippen LogP contribution is 2.48. The number of allylic oxidation sites excluding steroid dienone is 3. The van der Waals surface area contributed by atoms with Crippen LogP contribution in [-0.2, 0) is 16.0 Å². The average Bonchev–Trinajstić information content (AvgIpc) is 3.31. The molecule has 1 aromatic rings. The van der Waals surface area contributed by atoms with Gasteiger partial charge < -0.3 is 14.7 Å². The van der Waals surface area contributed by atoms with Crippen LogP contribution in [-0.4, -0.2) is 48.3 Å². The molecular formula is C28H39NO3. The van der Waals surface area contributed by atoms with Crippen LogP contribution in [0.15, 0.2) is 48.1 Å². The van der Waals surface area contributed by atoms with E-state index in [2.05, 4.69) is 49.4 Å². The fourth-order valence-electron chi connectivity index (χ4n) is 5.76. The van der Waals surface area contributed by atoms with E-state index in [0.29, 0.717) is 31.5 Å². The van der Waals surface area contributed by atoms with Gasteiger partial charge in [0.25, 0.3) is 0 Å². The van der Waals surface area contributed by atoms with Crippen molar-refractivity contribution in [2.75, 3.05) is 26.3 Å². The Morgan fingerprint density at radius 1 is 1.22 bits per heavy atom. The summed E-state index contributed by atoms with van der Waals surface area (Å²) in [7, 11) is 0. The number of benzene rings is 1. The number of carbonyl (C=O) groups excluding carboxylic acids is 1. The number of fused-ring (bicyclic) bond motifs is 1. The van der Waals surface area contributed by atoms with Crippen LogP contribution >= 0.6 is 0 Å². The third-order valence-electron chi connectivity index (χ3n) is 7.49. The molecule has 1 heterocycles. The van der Waals surface area contributed by atoms with Gasteiger partial charge in [0.15, 0.2) is 0 Å². The van der Waals surface area contributed by atoms with Crippen LogP contribution < -0.4 is 0 Å². The normalized spacial score (nSPS) is 27.7. The first-order valence-electron chi connectivity index (χ1n) is 12.6. The molecule has 0 aromatic heterocycles. The summed E-state index contributed by atoms with van der Waals surface area (Å²) in [6, 6.07) is 8.73. The quantitative estimate of drug-likeness (QED) is 0.444. The maximum absolute atomic E-state index is 12.3. The second-order valence-electron chi connectivity index (χ2n) is 9.89. The molecule has 0 bridgehead atoms. The van der Waals surface area contributed by atoms with Crippen molar-refractivity contribution in [2.24, 2.45) is 17.8 Å². The van der Waals surface area contributed by atoms with E-state index < -0.39 is 0 Å². The zero-order valence-corrected chi connectivity index (χ0v) is 19.5. The number of rotatable bonds is 9. The molecule has 0 radical (unpaired) electrons. The van der Waals surface area contributed by atoms with Crippen molar-refractivity contribution < 1.29 is 14.6 Å². The van der Waals surface area contributed by atoms with Gasteiger partial charge in [0, 0.05) is 25.4 Å². The van der Waals surface area contributed by atoms with Gasteiger partial charge in [-0.1, -0.05) is 53.6 Å². The number of morpholine rings is 1. The smallest absolute Gasteiger partial charge is 0.222 e. The molecule has 1 saturated carbocycles. The maximum Gasteiger partial charge on any atom is 0.222 e. The number of hydrogen-bond acceptors (Lipinski definition) is 3. The van der Waals surface area contributed by atoms with Gasteiger partial charge in [-0.15, -0.1) is 0 Å². The van der Waals surface area contributed by atoms with Crippen molar-refractivity contribution in [3.63, 3.8) is 0 Å². The Balaban J connectivity index is 1.17. The topological polar surface area (TPSA) is 49.8 Å². The fraction of sp³-hybridized carbons (Fsp3) is 0.607. The molecule has 4 heteroatoms. The summed E-state index contributed by atoms with van der Waals surface area (Å²) in [6.07, 6.45) is 14.7. The Kier molecular flexibility index (Phi) is 8.20. The van der Waals surface area contributed by atoms with Crippen molar-refractivity contribution in [1.29, 1.82) is 0 Å². The molecule has 3 aliphatic rings. The van der Waals surface area contributed by atoms with Gasteiger partial charge >= 0.3 is 0 Å². The molecule has 1 aromatic carbocycles. The van der Waals surface area contributed by atoms with Gasteiger partial charge in [0.05, 0.1) is 19.3 Å². The molecule has 1 amide bonds. The van der Waals surface area contributed by atoms with Crippen LogP contribution in [0.25, 0.3) is 0 Å². The summed E-state index contributed by atoms with van der Waals surface area (Å²) in [5.41, 5.74) is 4.25. The Morgan fingerprint density at radius 3 is 2.88 bits per heavy atom. The van der Waals surface area contributed by atoms with Crippen LogP contribution in [0.2, 0.25) is 0 Å². The number of ether oxygens (including phenoxy) is 1. The van der Waals surface area contributed by atoms with Gasteiger partial charge in [-0.2, -0.15) is 0 Å². The lowest BCUT2D eigenvalue weighted by Gasteiger charge is -2.26. The number of aryl methyl sites for hydroxylation is 2. The third kappa shape index (κ3) is 6.11. The second kappa shape index (κ2) is 11.3. The SMILES string of the molecule is Cc1cccc(CC/C=C/[C@@H]2[C@H]3CC(CCCCC(=O)N4CCOCC4)=C[C@H]3C[C@H]2O)c1. The van der Waals surface area contributed by atoms with E-state index >= 15 is 0 Å². The summed E-state index contributed by atoms with van der Waals surface area (Å²) < 4.78 is 5.33. The van der Waals surface area contributed by atoms with E-state index in [1.54, 1.807) is 5.57 Å². The van der Waals surface area contributed by atoms with Gasteiger partial charge in [-0.3, -0.25) is 4.79 Å². The molecule has 4 nitrogen and oxygen atoms in total. The Hall–Kier alpha value is -1.91. The van der Waals surface area contributed by atoms with Crippen molar-refractivity contribution in [3.05, 3.63) is 59.2 Å². The molecular weight excluding hydrogens is 398 g/mol. The lowest BCUT2D eigenvalue weighted by atomic mass is 9.88. The molecule has 1 N–H and O–H groups in total. The fourth-order valence-corrected chi connectivity index (χ4v) is 5.76. The van der Waals surface area contributed by atoms with Crippen LogP contribution in [0.5, 0.6) is 0 Å². The Morgan fingerprint density at radius 2 is 2.06 bits per heavy atom. The van der Waals surface area contributed by atoms with Crippen molar-refractivity contribution in [3.8, 4) is 0 Å². The number of hydrogen-bond donors (Lipinski definition) is 1. The predicted octanol–water partition coefficient (Wildman–Crippen LogP) is 4.85. The molecule has 2 aliphatic carbocycles. The first-order chi connectivity index (χ1) is 15.6. The monoisotopic (exact) mass is 437 g/mol. The van der Waals surface area contributed by atoms with E-state index in [4.69, 9.17) is 4.74 Å². The number of carbonyl (C=O) groups is 1. The molecule has 1 aliphatic heterocycles. The van der Waals surface area contributed by atoms with Crippen LogP contribution in [0.4, 0.5) is 0 Å². The Bertz CT molecular complexity index is 824. The predicted molar refractivity (Wildman–Crippen MR) is 128 cm³/mol. The maximum atomic E-state index is 12.3. The minimum Gasteiger partial charge on any atom is -0.392 e. The van der Waals surface area contributed by atoms with E-state index in [1.807, 2.05) is 4.90 Å². The number of aliphatic hydroxyl groups is 1. The third-order valence-corrected chi connectivity index (χ3v) is 7.49. The van der Waals surface area contributed by atoms with Gasteiger partial charge in [-0.05, 0) is 69.3 Å². The molecule has 4 atom stereocenters. The lowest BCUT2D eigenvalue weighted by molar-refractivity contribution is -0.135. The summed E-state index contributed by atoms with van der Waals surface area (Å²) in [6.45, 7) is 4.98. The number of aliphatic hydroxyl groups excluding tert-OH is 1. The molecule has 4 rings (SSSR count). The minimum atomic E-state index is -0.204. The van der Waals surface area contributed by atoms with Gasteiger partial charge in [0.2, 0.25) is 5.91 Å². The highest BCUT2D eigenvalue weighted by Gasteiger charge is 2.43. The molecule has 0 spiro atoms. The molecule has 0 unspecified atom stereocenters. The van der Waals surface area contributed by atoms with Crippen molar-refractivity contribution in [2.45, 2.75) is 64.4 Å². The first kappa shape index (κ1) is 23.3. The Labute approximate surface area is 193 Å². The summed E-state index contributed by atoms with van der Waals surface area (Å²) in [4.78, 5) is 14.2. The van der Waals surface area contributed by atoms with Crippen LogP contribution in [0, 0.1) is 24.7 Å². The van der Waals surface area contributed by atoms with Gasteiger partial charge in [0.1, 0.15) is 0 Å². The van der Waals surface area contributed by atoms with E-state index in [-0.39, 0.29) is 17.9 Å². The lowest BCUT2D eigenvalue weighted by Crippen LogP contribution is -2.40. The summed E-state index contributed by atoms with van der Waals surface area (Å²) in [5, 5.41) is 10.6. The minimum absolute atomic E-state index is 0.204. The summed E-state index contributed by atoms with van der Waals surface area (Å²) >= 11 is 0. The standard InChI is InChI=1S/C28H39NO3/c1-21-7-6-10-22(17-21)8-2-4-11-25-26-19-23(18-24(26)20-27(25)30)9-3-5-12-28(31)29-13-15-32-16-14-29/h4,6-7,10-11,17-18,24-27,30H,2-3,5,8-9,12-16,19-20H2,1H3/b11-4+/t24-,25+,26-,27+/m0/s1. The highest BCUT2D eigenvalue weighted by molar-refractivity contribution is 5.76. The molecule has 2 fully saturated rings. The van der Waals surface area contributed by atoms with Crippen LogP contribution in [0.1, 0.15) is 56.1 Å². The largest absolute Gasteiger partial charge is 0.392 e. The van der Waals surface area contributed by atoms with Crippen LogP contribution in [0.3, 0.4) is 0 Å². The molecule has 32 heavy (non-hydrogen) atoms. The number of nitrogens with zero attached hydrogens (tertiary/aromatic N) is 1. The molecule has 174 valence electrons. The summed E-state index contributed by atoms with van der Waals surface area (Å²) in [5.74, 6) is 1.66. The van der Waals surface area contributed by atoms with E-state index in [0.717, 1.165) is 58.0 Å². The van der Waals surface area contributed by atoms with Crippen molar-refractivity contribution in [1.82, 2.24) is 4.90 Å². The highest BCUT2D eigenvalue weighted by atomic mass is 16.5. The second-order valence-corrected chi connectivity index (χ2v) is 9.89. The number of unbranched alkanes of at least 4 members (excludes halogenated alkanes) is 1. The van der Waals surface area contributed by atoms with Gasteiger partial charge in [-0.25, -0.2) is 0 Å². The van der Waals surface area contributed by atoms with E-state index in [9.17, 15) is 9.90 Å². The molecule has 1 saturated heterocycles. The zero-order valence-electron chi connectivity index (χ0n) is 19.5. The average molecular weight is 438 g/mol.